The Bertz CT molecular complexity index is 1130. The summed E-state index contributed by atoms with van der Waals surface area (Å²) < 4.78 is 11.2. The minimum Gasteiger partial charge on any atom is -0.493 e. The van der Waals surface area contributed by atoms with Crippen LogP contribution < -0.4 is 10.1 Å². The van der Waals surface area contributed by atoms with Gasteiger partial charge in [0, 0.05) is 23.9 Å². The second kappa shape index (κ2) is 13.2. The van der Waals surface area contributed by atoms with Crippen LogP contribution in [0.4, 0.5) is 5.82 Å². The fourth-order valence-corrected chi connectivity index (χ4v) is 3.70. The van der Waals surface area contributed by atoms with Crippen LogP contribution in [0.5, 0.6) is 5.75 Å². The molecule has 0 unspecified atom stereocenters. The average Bonchev–Trinajstić information content (AvgIpc) is 2.84. The Morgan fingerprint density at radius 1 is 1.03 bits per heavy atom. The van der Waals surface area contributed by atoms with E-state index in [2.05, 4.69) is 42.1 Å². The van der Waals surface area contributed by atoms with Crippen LogP contribution in [-0.2, 0) is 16.0 Å². The molecular formula is C30H34N2O3. The molecule has 0 saturated heterocycles. The molecule has 0 saturated carbocycles. The third kappa shape index (κ3) is 9.17. The summed E-state index contributed by atoms with van der Waals surface area (Å²) in [6.07, 6.45) is 3.68. The van der Waals surface area contributed by atoms with Crippen molar-refractivity contribution in [1.82, 2.24) is 4.98 Å². The lowest BCUT2D eigenvalue weighted by molar-refractivity contribution is -0.145. The van der Waals surface area contributed by atoms with Crippen molar-refractivity contribution in [2.24, 2.45) is 5.41 Å². The summed E-state index contributed by atoms with van der Waals surface area (Å²) in [4.78, 5) is 16.3. The number of hydrogen-bond acceptors (Lipinski definition) is 5. The first-order valence-corrected chi connectivity index (χ1v) is 12.1. The molecule has 5 heteroatoms. The summed E-state index contributed by atoms with van der Waals surface area (Å²) in [5, 5.41) is 3.29. The van der Waals surface area contributed by atoms with E-state index in [0.29, 0.717) is 26.1 Å². The lowest BCUT2D eigenvalue weighted by atomic mass is 9.81. The number of esters is 1. The molecule has 3 aromatic rings. The van der Waals surface area contributed by atoms with Gasteiger partial charge in [-0.3, -0.25) is 4.79 Å². The van der Waals surface area contributed by atoms with E-state index in [4.69, 9.17) is 9.47 Å². The van der Waals surface area contributed by atoms with Gasteiger partial charge < -0.3 is 14.8 Å². The van der Waals surface area contributed by atoms with E-state index in [9.17, 15) is 4.79 Å². The molecule has 5 nitrogen and oxygen atoms in total. The predicted molar refractivity (Wildman–Crippen MR) is 140 cm³/mol. The lowest BCUT2D eigenvalue weighted by Gasteiger charge is -2.24. The van der Waals surface area contributed by atoms with Gasteiger partial charge in [-0.1, -0.05) is 56.0 Å². The monoisotopic (exact) mass is 470 g/mol. The molecule has 35 heavy (non-hydrogen) atoms. The smallest absolute Gasteiger partial charge is 0.306 e. The van der Waals surface area contributed by atoms with E-state index >= 15 is 0 Å². The van der Waals surface area contributed by atoms with Gasteiger partial charge in [-0.05, 0) is 67.1 Å². The zero-order chi connectivity index (χ0) is 24.9. The molecule has 0 aliphatic rings. The van der Waals surface area contributed by atoms with Crippen molar-refractivity contribution in [2.75, 3.05) is 25.1 Å². The summed E-state index contributed by atoms with van der Waals surface area (Å²) in [5.74, 6) is 8.06. The number of pyridine rings is 1. The summed E-state index contributed by atoms with van der Waals surface area (Å²) >= 11 is 0. The van der Waals surface area contributed by atoms with Crippen molar-refractivity contribution >= 4 is 11.8 Å². The fourth-order valence-electron chi connectivity index (χ4n) is 3.70. The maximum absolute atomic E-state index is 12.1. The first kappa shape index (κ1) is 25.8. The molecular weight excluding hydrogens is 436 g/mol. The number of hydrogen-bond donors (Lipinski definition) is 1. The number of aromatic nitrogens is 1. The molecule has 0 atom stereocenters. The van der Waals surface area contributed by atoms with Gasteiger partial charge in [-0.15, -0.1) is 0 Å². The van der Waals surface area contributed by atoms with E-state index in [1.807, 2.05) is 67.6 Å². The lowest BCUT2D eigenvalue weighted by Crippen LogP contribution is -2.22. The molecule has 1 N–H and O–H groups in total. The summed E-state index contributed by atoms with van der Waals surface area (Å²) in [5.41, 5.74) is 2.70. The van der Waals surface area contributed by atoms with Crippen molar-refractivity contribution in [3.8, 4) is 17.6 Å². The maximum Gasteiger partial charge on any atom is 0.306 e. The first-order valence-electron chi connectivity index (χ1n) is 12.1. The zero-order valence-electron chi connectivity index (χ0n) is 20.8. The molecule has 0 radical (unpaired) electrons. The molecule has 0 amide bonds. The Morgan fingerprint density at radius 3 is 2.57 bits per heavy atom. The number of benzene rings is 2. The Kier molecular flexibility index (Phi) is 9.74. The van der Waals surface area contributed by atoms with Crippen LogP contribution in [0, 0.1) is 17.3 Å². The fraction of sp³-hybridized carbons (Fsp3) is 0.333. The number of rotatable bonds is 11. The van der Waals surface area contributed by atoms with Gasteiger partial charge in [-0.2, -0.15) is 0 Å². The topological polar surface area (TPSA) is 60.5 Å². The zero-order valence-corrected chi connectivity index (χ0v) is 20.8. The Hall–Kier alpha value is -3.78. The molecule has 0 fully saturated rings. The van der Waals surface area contributed by atoms with Gasteiger partial charge >= 0.3 is 5.97 Å². The van der Waals surface area contributed by atoms with Crippen LogP contribution in [0.15, 0.2) is 72.9 Å². The van der Waals surface area contributed by atoms with Crippen LogP contribution in [0.25, 0.3) is 0 Å². The summed E-state index contributed by atoms with van der Waals surface area (Å²) in [6.45, 7) is 7.74. The number of nitrogens with one attached hydrogen (secondary N) is 1. The van der Waals surface area contributed by atoms with Gasteiger partial charge in [0.1, 0.15) is 11.6 Å². The molecule has 2 aromatic carbocycles. The van der Waals surface area contributed by atoms with E-state index < -0.39 is 0 Å². The Balaban J connectivity index is 1.69. The van der Waals surface area contributed by atoms with Crippen LogP contribution in [0.3, 0.4) is 0 Å². The van der Waals surface area contributed by atoms with Crippen molar-refractivity contribution in [1.29, 1.82) is 0 Å². The number of carbonyl (C=O) groups is 1. The second-order valence-corrected chi connectivity index (χ2v) is 9.10. The predicted octanol–water partition coefficient (Wildman–Crippen LogP) is 5.88. The number of anilines is 1. The largest absolute Gasteiger partial charge is 0.493 e. The highest BCUT2D eigenvalue weighted by Crippen LogP contribution is 2.29. The van der Waals surface area contributed by atoms with E-state index in [-0.39, 0.29) is 11.4 Å². The third-order valence-corrected chi connectivity index (χ3v) is 5.35. The van der Waals surface area contributed by atoms with Crippen molar-refractivity contribution in [3.63, 3.8) is 0 Å². The van der Waals surface area contributed by atoms with Crippen LogP contribution >= 0.6 is 0 Å². The normalized spacial score (nSPS) is 10.7. The van der Waals surface area contributed by atoms with Gasteiger partial charge in [-0.25, -0.2) is 4.98 Å². The van der Waals surface area contributed by atoms with Crippen molar-refractivity contribution in [3.05, 3.63) is 89.6 Å². The molecule has 1 aromatic heterocycles. The Labute approximate surface area is 208 Å². The van der Waals surface area contributed by atoms with Crippen molar-refractivity contribution in [2.45, 2.75) is 40.0 Å². The molecule has 1 heterocycles. The van der Waals surface area contributed by atoms with Crippen LogP contribution in [0.2, 0.25) is 0 Å². The average molecular weight is 471 g/mol. The van der Waals surface area contributed by atoms with Crippen LogP contribution in [-0.4, -0.2) is 30.7 Å². The summed E-state index contributed by atoms with van der Waals surface area (Å²) in [6, 6.07) is 21.8. The van der Waals surface area contributed by atoms with Gasteiger partial charge in [0.25, 0.3) is 0 Å². The van der Waals surface area contributed by atoms with E-state index in [1.165, 1.54) is 0 Å². The summed E-state index contributed by atoms with van der Waals surface area (Å²) in [7, 11) is 0. The molecule has 182 valence electrons. The second-order valence-electron chi connectivity index (χ2n) is 9.10. The first-order chi connectivity index (χ1) is 16.9. The number of carbonyl (C=O) groups excluding carboxylic acids is 1. The Morgan fingerprint density at radius 2 is 1.83 bits per heavy atom. The highest BCUT2D eigenvalue weighted by atomic mass is 16.5. The highest BCUT2D eigenvalue weighted by Gasteiger charge is 2.24. The van der Waals surface area contributed by atoms with E-state index in [1.54, 1.807) is 6.20 Å². The van der Waals surface area contributed by atoms with Gasteiger partial charge in [0.2, 0.25) is 0 Å². The molecule has 0 spiro atoms. The molecule has 3 rings (SSSR count). The molecule has 0 aliphatic carbocycles. The minimum absolute atomic E-state index is 0.173. The molecule has 0 bridgehead atoms. The SMILES string of the molecule is CCOC(=O)CC(C)(C)Cc1ccc(OCCCNc2ccccn2)cc1C#Cc1ccccc1. The molecule has 0 aliphatic heterocycles. The van der Waals surface area contributed by atoms with Gasteiger partial charge in [0.05, 0.1) is 19.6 Å². The van der Waals surface area contributed by atoms with Crippen molar-refractivity contribution < 1.29 is 14.3 Å². The maximum atomic E-state index is 12.1. The third-order valence-electron chi connectivity index (χ3n) is 5.35. The standard InChI is InChI=1S/C30H34N2O3/c1-4-34-29(33)23-30(2,3)22-26-16-17-27(21-25(26)15-14-24-11-6-5-7-12-24)35-20-10-19-32-28-13-8-9-18-31-28/h5-9,11-13,16-18,21H,4,10,19-20,22-23H2,1-3H3,(H,31,32). The van der Waals surface area contributed by atoms with Crippen LogP contribution in [0.1, 0.15) is 50.3 Å². The minimum atomic E-state index is -0.255. The number of nitrogens with zero attached hydrogens (tertiary/aromatic N) is 1. The van der Waals surface area contributed by atoms with E-state index in [0.717, 1.165) is 41.2 Å². The highest BCUT2D eigenvalue weighted by molar-refractivity contribution is 5.70. The number of ether oxygens (including phenoxy) is 2. The van der Waals surface area contributed by atoms with Gasteiger partial charge in [0.15, 0.2) is 0 Å². The quantitative estimate of drug-likeness (QED) is 0.215.